The predicted octanol–water partition coefficient (Wildman–Crippen LogP) is 3.44. The van der Waals surface area contributed by atoms with Crippen molar-refractivity contribution in [1.29, 1.82) is 5.26 Å². The van der Waals surface area contributed by atoms with Crippen molar-refractivity contribution in [1.82, 2.24) is 4.57 Å². The topological polar surface area (TPSA) is 83.1 Å². The number of rotatable bonds is 3. The van der Waals surface area contributed by atoms with Gasteiger partial charge in [-0.15, -0.1) is 0 Å². The summed E-state index contributed by atoms with van der Waals surface area (Å²) in [7, 11) is 0. The Bertz CT molecular complexity index is 1120. The van der Waals surface area contributed by atoms with E-state index in [2.05, 4.69) is 0 Å². The van der Waals surface area contributed by atoms with Gasteiger partial charge in [0.15, 0.2) is 5.78 Å². The highest BCUT2D eigenvalue weighted by atomic mass is 35.5. The fourth-order valence-corrected chi connectivity index (χ4v) is 2.60. The van der Waals surface area contributed by atoms with Crippen molar-refractivity contribution >= 4 is 17.4 Å². The van der Waals surface area contributed by atoms with Crippen LogP contribution in [-0.4, -0.2) is 15.5 Å². The van der Waals surface area contributed by atoms with Gasteiger partial charge in [-0.3, -0.25) is 14.2 Å². The van der Waals surface area contributed by atoms with Crippen LogP contribution in [0.1, 0.15) is 21.5 Å². The van der Waals surface area contributed by atoms with Gasteiger partial charge in [0.1, 0.15) is 23.2 Å². The number of carbonyl (C=O) groups is 1. The van der Waals surface area contributed by atoms with E-state index in [1.807, 2.05) is 0 Å². The van der Waals surface area contributed by atoms with Crippen LogP contribution >= 0.6 is 11.6 Å². The third kappa shape index (κ3) is 3.21. The van der Waals surface area contributed by atoms with Crippen molar-refractivity contribution < 1.29 is 14.3 Å². The molecule has 128 valence electrons. The van der Waals surface area contributed by atoms with Crippen LogP contribution in [-0.2, 0) is 0 Å². The number of hydrogen-bond donors (Lipinski definition) is 1. The highest BCUT2D eigenvalue weighted by molar-refractivity contribution is 6.31. The Hall–Kier alpha value is -3.43. The normalized spacial score (nSPS) is 10.3. The van der Waals surface area contributed by atoms with Crippen LogP contribution in [0.15, 0.2) is 59.5 Å². The molecule has 1 N–H and O–H groups in total. The summed E-state index contributed by atoms with van der Waals surface area (Å²) in [4.78, 5) is 25.1. The number of phenolic OH excluding ortho intramolecular Hbond substituents is 1. The van der Waals surface area contributed by atoms with E-state index in [4.69, 9.17) is 11.6 Å². The van der Waals surface area contributed by atoms with Crippen LogP contribution in [0, 0.1) is 17.1 Å². The number of benzene rings is 2. The molecule has 3 aromatic rings. The fraction of sp³-hybridized carbons (Fsp3) is 0. The maximum atomic E-state index is 13.1. The summed E-state index contributed by atoms with van der Waals surface area (Å²) < 4.78 is 14.2. The first-order chi connectivity index (χ1) is 12.4. The monoisotopic (exact) mass is 368 g/mol. The minimum absolute atomic E-state index is 0.00282. The molecule has 0 saturated heterocycles. The second kappa shape index (κ2) is 6.82. The first kappa shape index (κ1) is 17.4. The van der Waals surface area contributed by atoms with Crippen molar-refractivity contribution in [2.24, 2.45) is 0 Å². The Morgan fingerprint density at radius 1 is 1.15 bits per heavy atom. The number of pyridine rings is 1. The molecule has 0 saturated carbocycles. The van der Waals surface area contributed by atoms with Gasteiger partial charge in [-0.2, -0.15) is 5.26 Å². The largest absolute Gasteiger partial charge is 0.507 e. The highest BCUT2D eigenvalue weighted by Gasteiger charge is 2.18. The molecule has 0 bridgehead atoms. The van der Waals surface area contributed by atoms with Crippen molar-refractivity contribution in [2.45, 2.75) is 0 Å². The first-order valence-electron chi connectivity index (χ1n) is 7.36. The third-order valence-electron chi connectivity index (χ3n) is 3.71. The van der Waals surface area contributed by atoms with E-state index >= 15 is 0 Å². The highest BCUT2D eigenvalue weighted by Crippen LogP contribution is 2.24. The van der Waals surface area contributed by atoms with Gasteiger partial charge in [0.2, 0.25) is 0 Å². The molecule has 0 radical (unpaired) electrons. The third-order valence-corrected chi connectivity index (χ3v) is 3.94. The number of nitriles is 1. The minimum Gasteiger partial charge on any atom is -0.507 e. The van der Waals surface area contributed by atoms with E-state index in [0.717, 1.165) is 22.8 Å². The smallest absolute Gasteiger partial charge is 0.273 e. The number of ketones is 1. The van der Waals surface area contributed by atoms with Gasteiger partial charge in [-0.25, -0.2) is 4.39 Å². The SMILES string of the molecule is N#Cc1cc(C(=O)c2cc(Cl)ccc2O)cn(-c2ccc(F)cc2)c1=O. The average Bonchev–Trinajstić information content (AvgIpc) is 2.64. The maximum absolute atomic E-state index is 13.1. The Morgan fingerprint density at radius 2 is 1.85 bits per heavy atom. The molecule has 0 spiro atoms. The second-order valence-corrected chi connectivity index (χ2v) is 5.83. The number of hydrogen-bond acceptors (Lipinski definition) is 4. The lowest BCUT2D eigenvalue weighted by Crippen LogP contribution is -2.22. The standard InChI is InChI=1S/C19H10ClFN2O3/c20-13-1-6-17(24)16(8-13)18(25)12-7-11(9-22)19(26)23(10-12)15-4-2-14(21)3-5-15/h1-8,10,24H. The van der Waals surface area contributed by atoms with Crippen LogP contribution in [0.5, 0.6) is 5.75 Å². The van der Waals surface area contributed by atoms with Crippen molar-refractivity contribution in [2.75, 3.05) is 0 Å². The summed E-state index contributed by atoms with van der Waals surface area (Å²) >= 11 is 5.87. The molecule has 0 atom stereocenters. The van der Waals surface area contributed by atoms with Crippen molar-refractivity contribution in [3.8, 4) is 17.5 Å². The number of aromatic nitrogens is 1. The summed E-state index contributed by atoms with van der Waals surface area (Å²) in [6.45, 7) is 0. The van der Waals surface area contributed by atoms with E-state index < -0.39 is 17.2 Å². The predicted molar refractivity (Wildman–Crippen MR) is 93.3 cm³/mol. The zero-order valence-electron chi connectivity index (χ0n) is 13.1. The van der Waals surface area contributed by atoms with E-state index in [1.54, 1.807) is 6.07 Å². The Kier molecular flexibility index (Phi) is 4.57. The minimum atomic E-state index is -0.647. The molecule has 1 aromatic heterocycles. The van der Waals surface area contributed by atoms with Crippen LogP contribution in [0.4, 0.5) is 4.39 Å². The van der Waals surface area contributed by atoms with Gasteiger partial charge in [0.25, 0.3) is 5.56 Å². The molecule has 5 nitrogen and oxygen atoms in total. The van der Waals surface area contributed by atoms with Crippen LogP contribution in [0.25, 0.3) is 5.69 Å². The maximum Gasteiger partial charge on any atom is 0.273 e. The van der Waals surface area contributed by atoms with Gasteiger partial charge in [-0.05, 0) is 48.5 Å². The quantitative estimate of drug-likeness (QED) is 0.718. The molecule has 0 aliphatic heterocycles. The molecule has 0 fully saturated rings. The second-order valence-electron chi connectivity index (χ2n) is 5.40. The number of carbonyl (C=O) groups excluding carboxylic acids is 1. The van der Waals surface area contributed by atoms with E-state index in [-0.39, 0.29) is 33.1 Å². The lowest BCUT2D eigenvalue weighted by molar-refractivity contribution is 0.103. The van der Waals surface area contributed by atoms with Gasteiger partial charge < -0.3 is 5.11 Å². The van der Waals surface area contributed by atoms with Crippen LogP contribution in [0.3, 0.4) is 0 Å². The van der Waals surface area contributed by atoms with Crippen molar-refractivity contribution in [3.05, 3.63) is 92.6 Å². The Labute approximate surface area is 152 Å². The number of phenols is 1. The van der Waals surface area contributed by atoms with E-state index in [0.29, 0.717) is 0 Å². The van der Waals surface area contributed by atoms with Gasteiger partial charge in [0.05, 0.1) is 5.56 Å². The molecule has 3 rings (SSSR count). The zero-order chi connectivity index (χ0) is 18.8. The Morgan fingerprint density at radius 3 is 2.50 bits per heavy atom. The molecule has 0 aliphatic rings. The van der Waals surface area contributed by atoms with Crippen LogP contribution < -0.4 is 5.56 Å². The number of halogens is 2. The first-order valence-corrected chi connectivity index (χ1v) is 7.74. The molecule has 26 heavy (non-hydrogen) atoms. The Balaban J connectivity index is 2.20. The molecule has 0 unspecified atom stereocenters. The zero-order valence-corrected chi connectivity index (χ0v) is 13.9. The summed E-state index contributed by atoms with van der Waals surface area (Å²) in [5.74, 6) is -1.38. The lowest BCUT2D eigenvalue weighted by Gasteiger charge is -2.10. The molecular formula is C19H10ClFN2O3. The number of nitrogens with zero attached hydrogens (tertiary/aromatic N) is 2. The van der Waals surface area contributed by atoms with E-state index in [9.17, 15) is 24.3 Å². The number of aromatic hydroxyl groups is 1. The summed E-state index contributed by atoms with van der Waals surface area (Å²) in [6.07, 6.45) is 1.24. The van der Waals surface area contributed by atoms with E-state index in [1.165, 1.54) is 36.5 Å². The summed E-state index contributed by atoms with van der Waals surface area (Å²) in [5, 5.41) is 19.4. The van der Waals surface area contributed by atoms with Gasteiger partial charge in [-0.1, -0.05) is 11.6 Å². The molecule has 7 heteroatoms. The fourth-order valence-electron chi connectivity index (χ4n) is 2.43. The summed E-state index contributed by atoms with van der Waals surface area (Å²) in [5.41, 5.74) is -0.681. The van der Waals surface area contributed by atoms with Crippen molar-refractivity contribution in [3.63, 3.8) is 0 Å². The summed E-state index contributed by atoms with van der Waals surface area (Å²) in [6, 6.07) is 11.9. The molecule has 0 aliphatic carbocycles. The lowest BCUT2D eigenvalue weighted by atomic mass is 10.0. The molecule has 1 heterocycles. The average molecular weight is 369 g/mol. The molecular weight excluding hydrogens is 359 g/mol. The molecule has 2 aromatic carbocycles. The van der Waals surface area contributed by atoms with Crippen LogP contribution in [0.2, 0.25) is 5.02 Å². The van der Waals surface area contributed by atoms with Gasteiger partial charge in [0, 0.05) is 22.5 Å². The molecule has 0 amide bonds. The van der Waals surface area contributed by atoms with Gasteiger partial charge >= 0.3 is 0 Å².